The second-order valence-corrected chi connectivity index (χ2v) is 5.39. The molecule has 2 aromatic rings. The Bertz CT molecular complexity index is 601. The number of hydrogen-bond acceptors (Lipinski definition) is 1. The standard InChI is InChI=1S/C14H11Cl3FN/c15-10-3-1-2-9(14(10)17)7-13(19)8-4-5-12(18)11(16)6-8/h1-6,13H,7,19H2. The van der Waals surface area contributed by atoms with Crippen LogP contribution in [0.4, 0.5) is 4.39 Å². The smallest absolute Gasteiger partial charge is 0.141 e. The fraction of sp³-hybridized carbons (Fsp3) is 0.143. The van der Waals surface area contributed by atoms with Crippen molar-refractivity contribution in [3.8, 4) is 0 Å². The highest BCUT2D eigenvalue weighted by atomic mass is 35.5. The summed E-state index contributed by atoms with van der Waals surface area (Å²) < 4.78 is 13.1. The van der Waals surface area contributed by atoms with Gasteiger partial charge in [0.2, 0.25) is 0 Å². The van der Waals surface area contributed by atoms with Crippen molar-refractivity contribution in [2.75, 3.05) is 0 Å². The van der Waals surface area contributed by atoms with Crippen LogP contribution < -0.4 is 5.73 Å². The first-order chi connectivity index (χ1) is 8.99. The Labute approximate surface area is 126 Å². The third-order valence-corrected chi connectivity index (χ3v) is 3.99. The van der Waals surface area contributed by atoms with Crippen molar-refractivity contribution in [1.82, 2.24) is 0 Å². The van der Waals surface area contributed by atoms with Crippen LogP contribution in [-0.4, -0.2) is 0 Å². The molecule has 100 valence electrons. The molecule has 2 N–H and O–H groups in total. The minimum absolute atomic E-state index is 0.0603. The van der Waals surface area contributed by atoms with Crippen molar-refractivity contribution < 1.29 is 4.39 Å². The van der Waals surface area contributed by atoms with Gasteiger partial charge in [0.25, 0.3) is 0 Å². The van der Waals surface area contributed by atoms with E-state index in [0.29, 0.717) is 16.5 Å². The molecule has 0 bridgehead atoms. The minimum atomic E-state index is -0.460. The maximum atomic E-state index is 13.1. The largest absolute Gasteiger partial charge is 0.324 e. The van der Waals surface area contributed by atoms with Crippen LogP contribution in [0.15, 0.2) is 36.4 Å². The van der Waals surface area contributed by atoms with Crippen LogP contribution in [-0.2, 0) is 6.42 Å². The van der Waals surface area contributed by atoms with E-state index in [2.05, 4.69) is 0 Å². The van der Waals surface area contributed by atoms with Crippen molar-refractivity contribution in [2.45, 2.75) is 12.5 Å². The van der Waals surface area contributed by atoms with E-state index >= 15 is 0 Å². The molecule has 0 aliphatic heterocycles. The topological polar surface area (TPSA) is 26.0 Å². The maximum Gasteiger partial charge on any atom is 0.141 e. The van der Waals surface area contributed by atoms with Crippen molar-refractivity contribution in [1.29, 1.82) is 0 Å². The zero-order valence-electron chi connectivity index (χ0n) is 9.84. The molecule has 1 unspecified atom stereocenters. The first-order valence-corrected chi connectivity index (χ1v) is 6.76. The molecule has 1 atom stereocenters. The second-order valence-electron chi connectivity index (χ2n) is 4.20. The zero-order valence-corrected chi connectivity index (χ0v) is 12.1. The lowest BCUT2D eigenvalue weighted by Crippen LogP contribution is -2.13. The van der Waals surface area contributed by atoms with Gasteiger partial charge in [-0.1, -0.05) is 53.0 Å². The highest BCUT2D eigenvalue weighted by Crippen LogP contribution is 2.29. The molecule has 0 fully saturated rings. The lowest BCUT2D eigenvalue weighted by molar-refractivity contribution is 0.625. The summed E-state index contributed by atoms with van der Waals surface area (Å²) in [7, 11) is 0. The van der Waals surface area contributed by atoms with Gasteiger partial charge in [-0.05, 0) is 35.7 Å². The van der Waals surface area contributed by atoms with Crippen molar-refractivity contribution >= 4 is 34.8 Å². The Kier molecular flexibility index (Phi) is 4.69. The number of hydrogen-bond donors (Lipinski definition) is 1. The Morgan fingerprint density at radius 2 is 1.79 bits per heavy atom. The van der Waals surface area contributed by atoms with Crippen LogP contribution in [0.25, 0.3) is 0 Å². The second kappa shape index (κ2) is 6.10. The van der Waals surface area contributed by atoms with Gasteiger partial charge >= 0.3 is 0 Å². The molecule has 1 nitrogen and oxygen atoms in total. The van der Waals surface area contributed by atoms with Crippen LogP contribution in [0.1, 0.15) is 17.2 Å². The van der Waals surface area contributed by atoms with E-state index in [-0.39, 0.29) is 11.1 Å². The predicted octanol–water partition coefficient (Wildman–Crippen LogP) is 5.03. The first-order valence-electron chi connectivity index (χ1n) is 5.62. The van der Waals surface area contributed by atoms with Gasteiger partial charge in [-0.3, -0.25) is 0 Å². The molecule has 0 radical (unpaired) electrons. The first kappa shape index (κ1) is 14.6. The molecule has 2 aromatic carbocycles. The molecule has 0 saturated carbocycles. The Morgan fingerprint density at radius 3 is 2.47 bits per heavy atom. The summed E-state index contributed by atoms with van der Waals surface area (Å²) in [6.45, 7) is 0. The fourth-order valence-electron chi connectivity index (χ4n) is 1.80. The van der Waals surface area contributed by atoms with Gasteiger partial charge in [0, 0.05) is 6.04 Å². The SMILES string of the molecule is NC(Cc1cccc(Cl)c1Cl)c1ccc(F)c(Cl)c1. The molecule has 0 aliphatic carbocycles. The molecule has 0 heterocycles. The molecular formula is C14H11Cl3FN. The fourth-order valence-corrected chi connectivity index (χ4v) is 2.39. The maximum absolute atomic E-state index is 13.1. The van der Waals surface area contributed by atoms with Crippen LogP contribution >= 0.6 is 34.8 Å². The van der Waals surface area contributed by atoms with Gasteiger partial charge in [-0.25, -0.2) is 4.39 Å². The third-order valence-electron chi connectivity index (χ3n) is 2.84. The Balaban J connectivity index is 2.23. The monoisotopic (exact) mass is 317 g/mol. The minimum Gasteiger partial charge on any atom is -0.324 e. The summed E-state index contributed by atoms with van der Waals surface area (Å²) in [5, 5.41) is 1.04. The van der Waals surface area contributed by atoms with Crippen LogP contribution in [0.5, 0.6) is 0 Å². The van der Waals surface area contributed by atoms with E-state index in [1.54, 1.807) is 12.1 Å². The van der Waals surface area contributed by atoms with E-state index in [4.69, 9.17) is 40.5 Å². The Hall–Kier alpha value is -0.800. The van der Waals surface area contributed by atoms with E-state index in [0.717, 1.165) is 11.1 Å². The third kappa shape index (κ3) is 3.40. The van der Waals surface area contributed by atoms with Gasteiger partial charge in [0.05, 0.1) is 15.1 Å². The lowest BCUT2D eigenvalue weighted by atomic mass is 9.99. The van der Waals surface area contributed by atoms with Crippen molar-refractivity contribution in [3.05, 3.63) is 68.4 Å². The van der Waals surface area contributed by atoms with E-state index in [1.165, 1.54) is 12.1 Å². The van der Waals surface area contributed by atoms with E-state index in [1.807, 2.05) is 12.1 Å². The molecule has 0 saturated heterocycles. The average molecular weight is 319 g/mol. The summed E-state index contributed by atoms with van der Waals surface area (Å²) in [5.74, 6) is -0.460. The summed E-state index contributed by atoms with van der Waals surface area (Å²) >= 11 is 17.8. The number of halogens is 4. The average Bonchev–Trinajstić information content (AvgIpc) is 2.38. The molecule has 0 aromatic heterocycles. The van der Waals surface area contributed by atoms with Gasteiger partial charge in [-0.15, -0.1) is 0 Å². The van der Waals surface area contributed by atoms with Crippen molar-refractivity contribution in [2.24, 2.45) is 5.73 Å². The van der Waals surface area contributed by atoms with Crippen molar-refractivity contribution in [3.63, 3.8) is 0 Å². The summed E-state index contributed by atoms with van der Waals surface area (Å²) in [6, 6.07) is 9.51. The highest BCUT2D eigenvalue weighted by molar-refractivity contribution is 6.42. The summed E-state index contributed by atoms with van der Waals surface area (Å²) in [5.41, 5.74) is 7.68. The number of rotatable bonds is 3. The molecule has 19 heavy (non-hydrogen) atoms. The molecule has 0 spiro atoms. The molecular weight excluding hydrogens is 308 g/mol. The van der Waals surface area contributed by atoms with Gasteiger partial charge in [-0.2, -0.15) is 0 Å². The van der Waals surface area contributed by atoms with Gasteiger partial charge in [0.1, 0.15) is 5.82 Å². The highest BCUT2D eigenvalue weighted by Gasteiger charge is 2.12. The van der Waals surface area contributed by atoms with Crippen LogP contribution in [0.3, 0.4) is 0 Å². The normalized spacial score (nSPS) is 12.5. The Morgan fingerprint density at radius 1 is 1.05 bits per heavy atom. The van der Waals surface area contributed by atoms with Crippen LogP contribution in [0, 0.1) is 5.82 Å². The van der Waals surface area contributed by atoms with Gasteiger partial charge in [0.15, 0.2) is 0 Å². The lowest BCUT2D eigenvalue weighted by Gasteiger charge is -2.14. The molecule has 5 heteroatoms. The predicted molar refractivity (Wildman–Crippen MR) is 78.5 cm³/mol. The number of benzene rings is 2. The van der Waals surface area contributed by atoms with Gasteiger partial charge < -0.3 is 5.73 Å². The number of nitrogens with two attached hydrogens (primary N) is 1. The summed E-state index contributed by atoms with van der Waals surface area (Å²) in [6.07, 6.45) is 0.501. The van der Waals surface area contributed by atoms with Crippen LogP contribution in [0.2, 0.25) is 15.1 Å². The summed E-state index contributed by atoms with van der Waals surface area (Å²) in [4.78, 5) is 0. The molecule has 2 rings (SSSR count). The quantitative estimate of drug-likeness (QED) is 0.844. The molecule has 0 aliphatic rings. The zero-order chi connectivity index (χ0) is 14.0. The molecule has 0 amide bonds. The van der Waals surface area contributed by atoms with E-state index in [9.17, 15) is 4.39 Å². The van der Waals surface area contributed by atoms with E-state index < -0.39 is 5.82 Å².